The van der Waals surface area contributed by atoms with Gasteiger partial charge in [0.05, 0.1) is 0 Å². The van der Waals surface area contributed by atoms with E-state index in [0.717, 1.165) is 17.9 Å². The van der Waals surface area contributed by atoms with Gasteiger partial charge in [-0.15, -0.1) is 0 Å². The van der Waals surface area contributed by atoms with Crippen molar-refractivity contribution in [2.24, 2.45) is 9.98 Å². The first-order valence-electron chi connectivity index (χ1n) is 6.24. The van der Waals surface area contributed by atoms with Crippen LogP contribution in [0, 0.1) is 0 Å². The van der Waals surface area contributed by atoms with E-state index in [0.29, 0.717) is 24.0 Å². The fraction of sp³-hybridized carbons (Fsp3) is 0.583. The number of hydrogen-bond donors (Lipinski definition) is 2. The summed E-state index contributed by atoms with van der Waals surface area (Å²) in [6.45, 7) is 1.41. The Morgan fingerprint density at radius 3 is 2.89 bits per heavy atom. The average Bonchev–Trinajstić information content (AvgIpc) is 2.83. The maximum Gasteiger partial charge on any atom is 0.277 e. The Balaban J connectivity index is 1.99. The third kappa shape index (κ3) is 3.57. The van der Waals surface area contributed by atoms with E-state index in [9.17, 15) is 4.79 Å². The fourth-order valence-electron chi connectivity index (χ4n) is 1.90. The van der Waals surface area contributed by atoms with Gasteiger partial charge >= 0.3 is 0 Å². The fourth-order valence-corrected chi connectivity index (χ4v) is 2.68. The van der Waals surface area contributed by atoms with Gasteiger partial charge in [0.2, 0.25) is 0 Å². The molecule has 1 amide bonds. The molecule has 19 heavy (non-hydrogen) atoms. The van der Waals surface area contributed by atoms with E-state index in [1.165, 1.54) is 11.8 Å². The highest BCUT2D eigenvalue weighted by molar-refractivity contribution is 8.29. The van der Waals surface area contributed by atoms with E-state index in [4.69, 9.17) is 4.74 Å². The molecule has 2 N–H and O–H groups in total. The largest absolute Gasteiger partial charge is 0.392 e. The van der Waals surface area contributed by atoms with Crippen molar-refractivity contribution >= 4 is 27.8 Å². The Morgan fingerprint density at radius 1 is 1.53 bits per heavy atom. The molecule has 0 atom stereocenters. The first kappa shape index (κ1) is 14.1. The topological polar surface area (TPSA) is 75.1 Å². The van der Waals surface area contributed by atoms with E-state index in [-0.39, 0.29) is 11.9 Å². The summed E-state index contributed by atoms with van der Waals surface area (Å²) in [5, 5.41) is 7.11. The van der Waals surface area contributed by atoms with Gasteiger partial charge in [-0.2, -0.15) is 0 Å². The van der Waals surface area contributed by atoms with E-state index < -0.39 is 0 Å². The lowest BCUT2D eigenvalue weighted by atomic mass is 10.1. The summed E-state index contributed by atoms with van der Waals surface area (Å²) in [6, 6.07) is 0.184. The van der Waals surface area contributed by atoms with Gasteiger partial charge in [-0.05, 0) is 24.6 Å². The normalized spacial score (nSPS) is 24.6. The Morgan fingerprint density at radius 2 is 2.26 bits per heavy atom. The number of rotatable bonds is 3. The SMILES string of the molecule is C/N=C1/SC(C(=O)NC2CCOCC2)=N/C1=C/NC. The molecule has 2 heterocycles. The third-order valence-corrected chi connectivity index (χ3v) is 3.92. The predicted molar refractivity (Wildman–Crippen MR) is 77.5 cm³/mol. The van der Waals surface area contributed by atoms with Crippen molar-refractivity contribution in [2.75, 3.05) is 27.3 Å². The van der Waals surface area contributed by atoms with Gasteiger partial charge in [-0.3, -0.25) is 9.79 Å². The highest BCUT2D eigenvalue weighted by Gasteiger charge is 2.27. The number of nitrogens with one attached hydrogen (secondary N) is 2. The molecule has 104 valence electrons. The van der Waals surface area contributed by atoms with Crippen molar-refractivity contribution in [3.05, 3.63) is 11.9 Å². The van der Waals surface area contributed by atoms with Crippen LogP contribution in [0.4, 0.5) is 0 Å². The lowest BCUT2D eigenvalue weighted by Crippen LogP contribution is -2.41. The van der Waals surface area contributed by atoms with E-state index >= 15 is 0 Å². The van der Waals surface area contributed by atoms with Crippen LogP contribution >= 0.6 is 11.8 Å². The molecule has 1 saturated heterocycles. The monoisotopic (exact) mass is 282 g/mol. The number of thioether (sulfide) groups is 1. The van der Waals surface area contributed by atoms with E-state index in [2.05, 4.69) is 20.6 Å². The maximum absolute atomic E-state index is 12.1. The summed E-state index contributed by atoms with van der Waals surface area (Å²) in [4.78, 5) is 20.5. The molecule has 2 aliphatic heterocycles. The minimum Gasteiger partial charge on any atom is -0.392 e. The van der Waals surface area contributed by atoms with E-state index in [1.807, 2.05) is 0 Å². The summed E-state index contributed by atoms with van der Waals surface area (Å²) < 4.78 is 5.27. The Hall–Kier alpha value is -1.34. The Labute approximate surface area is 116 Å². The molecule has 0 unspecified atom stereocenters. The van der Waals surface area contributed by atoms with Crippen LogP contribution in [0.1, 0.15) is 12.8 Å². The van der Waals surface area contributed by atoms with Crippen molar-refractivity contribution in [2.45, 2.75) is 18.9 Å². The minimum absolute atomic E-state index is 0.127. The van der Waals surface area contributed by atoms with Crippen LogP contribution in [0.5, 0.6) is 0 Å². The van der Waals surface area contributed by atoms with Gasteiger partial charge in [0.15, 0.2) is 5.04 Å². The molecule has 2 rings (SSSR count). The zero-order valence-corrected chi connectivity index (χ0v) is 11.9. The molecule has 0 aliphatic carbocycles. The third-order valence-electron chi connectivity index (χ3n) is 2.87. The van der Waals surface area contributed by atoms with Crippen LogP contribution in [-0.2, 0) is 9.53 Å². The highest BCUT2D eigenvalue weighted by atomic mass is 32.2. The van der Waals surface area contributed by atoms with Crippen LogP contribution in [0.25, 0.3) is 0 Å². The number of carbonyl (C=O) groups excluding carboxylic acids is 1. The van der Waals surface area contributed by atoms with Gasteiger partial charge < -0.3 is 15.4 Å². The molecule has 0 aromatic rings. The second kappa shape index (κ2) is 6.72. The summed E-state index contributed by atoms with van der Waals surface area (Å²) in [5.74, 6) is -0.127. The summed E-state index contributed by atoms with van der Waals surface area (Å²) in [7, 11) is 3.49. The first-order valence-corrected chi connectivity index (χ1v) is 7.06. The van der Waals surface area contributed by atoms with Crippen molar-refractivity contribution < 1.29 is 9.53 Å². The first-order chi connectivity index (χ1) is 9.24. The average molecular weight is 282 g/mol. The quantitative estimate of drug-likeness (QED) is 0.791. The lowest BCUT2D eigenvalue weighted by Gasteiger charge is -2.22. The predicted octanol–water partition coefficient (Wildman–Crippen LogP) is 0.516. The van der Waals surface area contributed by atoms with Crippen LogP contribution in [-0.4, -0.2) is 49.3 Å². The van der Waals surface area contributed by atoms with Crippen LogP contribution in [0.3, 0.4) is 0 Å². The number of amides is 1. The molecule has 0 spiro atoms. The van der Waals surface area contributed by atoms with Gasteiger partial charge in [0.1, 0.15) is 10.7 Å². The number of carbonyl (C=O) groups is 1. The van der Waals surface area contributed by atoms with Crippen LogP contribution < -0.4 is 10.6 Å². The number of aliphatic imine (C=N–C) groups is 2. The minimum atomic E-state index is -0.127. The molecular weight excluding hydrogens is 264 g/mol. The molecule has 0 bridgehead atoms. The second-order valence-corrected chi connectivity index (χ2v) is 5.20. The summed E-state index contributed by atoms with van der Waals surface area (Å²) in [5.41, 5.74) is 0.701. The van der Waals surface area contributed by atoms with E-state index in [1.54, 1.807) is 20.3 Å². The molecule has 2 aliphatic rings. The zero-order chi connectivity index (χ0) is 13.7. The highest BCUT2D eigenvalue weighted by Crippen LogP contribution is 2.24. The van der Waals surface area contributed by atoms with Crippen LogP contribution in [0.2, 0.25) is 0 Å². The molecular formula is C12H18N4O2S. The summed E-state index contributed by atoms with van der Waals surface area (Å²) in [6.07, 6.45) is 3.46. The van der Waals surface area contributed by atoms with Crippen molar-refractivity contribution in [1.29, 1.82) is 0 Å². The van der Waals surface area contributed by atoms with Crippen LogP contribution in [0.15, 0.2) is 21.9 Å². The Bertz CT molecular complexity index is 439. The lowest BCUT2D eigenvalue weighted by molar-refractivity contribution is -0.115. The smallest absolute Gasteiger partial charge is 0.277 e. The molecule has 6 nitrogen and oxygen atoms in total. The molecule has 0 aromatic heterocycles. The molecule has 1 fully saturated rings. The van der Waals surface area contributed by atoms with Crippen molar-refractivity contribution in [3.63, 3.8) is 0 Å². The second-order valence-electron chi connectivity index (χ2n) is 4.23. The van der Waals surface area contributed by atoms with Gasteiger partial charge in [0, 0.05) is 39.6 Å². The number of hydrogen-bond acceptors (Lipinski definition) is 6. The molecule has 7 heteroatoms. The maximum atomic E-state index is 12.1. The number of nitrogens with zero attached hydrogens (tertiary/aromatic N) is 2. The van der Waals surface area contributed by atoms with Gasteiger partial charge in [-0.25, -0.2) is 4.99 Å². The van der Waals surface area contributed by atoms with Gasteiger partial charge in [-0.1, -0.05) is 0 Å². The zero-order valence-electron chi connectivity index (χ0n) is 11.1. The molecule has 0 radical (unpaired) electrons. The summed E-state index contributed by atoms with van der Waals surface area (Å²) >= 11 is 1.30. The standard InChI is InChI=1S/C12H18N4O2S/c1-13-7-9-11(14-2)19-12(16-9)10(17)15-8-3-5-18-6-4-8/h7-8,13H,3-6H2,1-2H3,(H,15,17)/b9-7+,14-11+. The van der Waals surface area contributed by atoms with Crippen molar-refractivity contribution in [1.82, 2.24) is 10.6 Å². The Kier molecular flexibility index (Phi) is 4.98. The van der Waals surface area contributed by atoms with Gasteiger partial charge in [0.25, 0.3) is 5.91 Å². The molecule has 0 aromatic carbocycles. The molecule has 0 saturated carbocycles. The number of ether oxygens (including phenoxy) is 1. The van der Waals surface area contributed by atoms with Crippen molar-refractivity contribution in [3.8, 4) is 0 Å².